The van der Waals surface area contributed by atoms with Gasteiger partial charge in [-0.15, -0.1) is 0 Å². The molecule has 2 rings (SSSR count). The molecule has 0 heterocycles. The average Bonchev–Trinajstić information content (AvgIpc) is 2.71. The summed E-state index contributed by atoms with van der Waals surface area (Å²) in [6, 6.07) is 1.31. The molecule has 1 aromatic rings. The molecule has 1 aliphatic carbocycles. The van der Waals surface area contributed by atoms with Crippen molar-refractivity contribution in [1.29, 1.82) is 0 Å². The van der Waals surface area contributed by atoms with Gasteiger partial charge in [-0.1, -0.05) is 0 Å². The summed E-state index contributed by atoms with van der Waals surface area (Å²) in [6.07, 6.45) is 2.17. The first-order chi connectivity index (χ1) is 8.47. The SMILES string of the molecule is NC1CCC(NC(=O)c2cc(F)c(F)c(F)c2)C1. The summed E-state index contributed by atoms with van der Waals surface area (Å²) in [4.78, 5) is 11.7. The standard InChI is InChI=1S/C12H13F3N2O/c13-9-3-6(4-10(14)11(9)15)12(18)17-8-2-1-7(16)5-8/h3-4,7-8H,1-2,5,16H2,(H,17,18). The van der Waals surface area contributed by atoms with Crippen LogP contribution in [0.5, 0.6) is 0 Å². The molecule has 0 aliphatic heterocycles. The first-order valence-electron chi connectivity index (χ1n) is 5.68. The van der Waals surface area contributed by atoms with E-state index in [1.165, 1.54) is 0 Å². The summed E-state index contributed by atoms with van der Waals surface area (Å²) >= 11 is 0. The molecule has 0 bridgehead atoms. The molecule has 0 saturated heterocycles. The summed E-state index contributed by atoms with van der Waals surface area (Å²) in [7, 11) is 0. The van der Waals surface area contributed by atoms with E-state index in [4.69, 9.17) is 5.73 Å². The predicted octanol–water partition coefficient (Wildman–Crippen LogP) is 1.71. The van der Waals surface area contributed by atoms with Crippen molar-refractivity contribution in [3.63, 3.8) is 0 Å². The Balaban J connectivity index is 2.09. The molecular formula is C12H13F3N2O. The van der Waals surface area contributed by atoms with Crippen LogP contribution in [0.1, 0.15) is 29.6 Å². The molecule has 3 nitrogen and oxygen atoms in total. The van der Waals surface area contributed by atoms with Crippen LogP contribution >= 0.6 is 0 Å². The lowest BCUT2D eigenvalue weighted by atomic mass is 10.1. The highest BCUT2D eigenvalue weighted by Gasteiger charge is 2.24. The minimum Gasteiger partial charge on any atom is -0.349 e. The fourth-order valence-corrected chi connectivity index (χ4v) is 2.10. The lowest BCUT2D eigenvalue weighted by Crippen LogP contribution is -2.34. The number of nitrogens with two attached hydrogens (primary N) is 1. The van der Waals surface area contributed by atoms with E-state index in [-0.39, 0.29) is 17.6 Å². The maximum atomic E-state index is 13.0. The Morgan fingerprint density at radius 1 is 1.22 bits per heavy atom. The second-order valence-corrected chi connectivity index (χ2v) is 4.50. The highest BCUT2D eigenvalue weighted by Crippen LogP contribution is 2.18. The van der Waals surface area contributed by atoms with Gasteiger partial charge in [0.05, 0.1) is 0 Å². The van der Waals surface area contributed by atoms with Crippen LogP contribution in [0.4, 0.5) is 13.2 Å². The molecule has 1 aromatic carbocycles. The molecule has 18 heavy (non-hydrogen) atoms. The van der Waals surface area contributed by atoms with E-state index < -0.39 is 23.4 Å². The zero-order chi connectivity index (χ0) is 13.3. The van der Waals surface area contributed by atoms with E-state index in [9.17, 15) is 18.0 Å². The average molecular weight is 258 g/mol. The number of rotatable bonds is 2. The Labute approximate surface area is 102 Å². The van der Waals surface area contributed by atoms with Gasteiger partial charge in [-0.05, 0) is 31.4 Å². The van der Waals surface area contributed by atoms with Crippen LogP contribution in [0.25, 0.3) is 0 Å². The van der Waals surface area contributed by atoms with Crippen molar-refractivity contribution in [3.8, 4) is 0 Å². The van der Waals surface area contributed by atoms with Crippen molar-refractivity contribution in [2.24, 2.45) is 5.73 Å². The van der Waals surface area contributed by atoms with Crippen LogP contribution in [-0.4, -0.2) is 18.0 Å². The van der Waals surface area contributed by atoms with Crippen LogP contribution in [-0.2, 0) is 0 Å². The molecule has 2 atom stereocenters. The van der Waals surface area contributed by atoms with Gasteiger partial charge in [-0.25, -0.2) is 13.2 Å². The smallest absolute Gasteiger partial charge is 0.251 e. The number of hydrogen-bond acceptors (Lipinski definition) is 2. The fourth-order valence-electron chi connectivity index (χ4n) is 2.10. The van der Waals surface area contributed by atoms with Gasteiger partial charge in [-0.3, -0.25) is 4.79 Å². The topological polar surface area (TPSA) is 55.1 Å². The summed E-state index contributed by atoms with van der Waals surface area (Å²) in [5.74, 6) is -4.94. The normalized spacial score (nSPS) is 23.1. The third-order valence-corrected chi connectivity index (χ3v) is 3.05. The maximum Gasteiger partial charge on any atom is 0.251 e. The highest BCUT2D eigenvalue weighted by molar-refractivity contribution is 5.94. The van der Waals surface area contributed by atoms with Crippen molar-refractivity contribution >= 4 is 5.91 Å². The van der Waals surface area contributed by atoms with Gasteiger partial charge < -0.3 is 11.1 Å². The van der Waals surface area contributed by atoms with Crippen LogP contribution in [0, 0.1) is 17.5 Å². The monoisotopic (exact) mass is 258 g/mol. The van der Waals surface area contributed by atoms with Crippen LogP contribution in [0.3, 0.4) is 0 Å². The van der Waals surface area contributed by atoms with E-state index in [1.807, 2.05) is 0 Å². The van der Waals surface area contributed by atoms with E-state index in [0.717, 1.165) is 12.8 Å². The van der Waals surface area contributed by atoms with Crippen molar-refractivity contribution in [2.45, 2.75) is 31.3 Å². The molecule has 1 amide bonds. The van der Waals surface area contributed by atoms with Gasteiger partial charge in [0.25, 0.3) is 5.91 Å². The van der Waals surface area contributed by atoms with Crippen LogP contribution < -0.4 is 11.1 Å². The molecule has 1 aliphatic rings. The van der Waals surface area contributed by atoms with Gasteiger partial charge in [0.2, 0.25) is 0 Å². The molecular weight excluding hydrogens is 245 g/mol. The second-order valence-electron chi connectivity index (χ2n) is 4.50. The number of amides is 1. The predicted molar refractivity (Wildman–Crippen MR) is 59.4 cm³/mol. The minimum atomic E-state index is -1.57. The second kappa shape index (κ2) is 4.97. The Hall–Kier alpha value is -1.56. The Bertz CT molecular complexity index is 455. The maximum absolute atomic E-state index is 13.0. The lowest BCUT2D eigenvalue weighted by Gasteiger charge is -2.12. The number of nitrogens with one attached hydrogen (secondary N) is 1. The van der Waals surface area contributed by atoms with Crippen LogP contribution in [0.15, 0.2) is 12.1 Å². The number of carbonyl (C=O) groups excluding carboxylic acids is 1. The van der Waals surface area contributed by atoms with Crippen molar-refractivity contribution in [3.05, 3.63) is 35.1 Å². The number of benzene rings is 1. The van der Waals surface area contributed by atoms with Gasteiger partial charge in [0.15, 0.2) is 17.5 Å². The van der Waals surface area contributed by atoms with Crippen molar-refractivity contribution < 1.29 is 18.0 Å². The van der Waals surface area contributed by atoms with E-state index in [2.05, 4.69) is 5.32 Å². The molecule has 1 fully saturated rings. The Morgan fingerprint density at radius 3 is 2.33 bits per heavy atom. The lowest BCUT2D eigenvalue weighted by molar-refractivity contribution is 0.0936. The quantitative estimate of drug-likeness (QED) is 0.793. The van der Waals surface area contributed by atoms with Gasteiger partial charge in [-0.2, -0.15) is 0 Å². The number of hydrogen-bond donors (Lipinski definition) is 2. The summed E-state index contributed by atoms with van der Waals surface area (Å²) in [5.41, 5.74) is 5.46. The zero-order valence-electron chi connectivity index (χ0n) is 9.55. The molecule has 0 spiro atoms. The Morgan fingerprint density at radius 2 is 1.83 bits per heavy atom. The molecule has 1 saturated carbocycles. The van der Waals surface area contributed by atoms with Gasteiger partial charge in [0, 0.05) is 17.6 Å². The van der Waals surface area contributed by atoms with E-state index >= 15 is 0 Å². The van der Waals surface area contributed by atoms with Crippen molar-refractivity contribution in [1.82, 2.24) is 5.32 Å². The molecule has 0 aromatic heterocycles. The summed E-state index contributed by atoms with van der Waals surface area (Å²) in [6.45, 7) is 0. The number of halogens is 3. The summed E-state index contributed by atoms with van der Waals surface area (Å²) < 4.78 is 38.7. The first kappa shape index (κ1) is 12.9. The van der Waals surface area contributed by atoms with E-state index in [1.54, 1.807) is 0 Å². The fraction of sp³-hybridized carbons (Fsp3) is 0.417. The Kier molecular flexibility index (Phi) is 3.56. The zero-order valence-corrected chi connectivity index (χ0v) is 9.55. The highest BCUT2D eigenvalue weighted by atomic mass is 19.2. The third-order valence-electron chi connectivity index (χ3n) is 3.05. The minimum absolute atomic E-state index is 0.0389. The van der Waals surface area contributed by atoms with Gasteiger partial charge in [0.1, 0.15) is 0 Å². The number of carbonyl (C=O) groups is 1. The molecule has 6 heteroatoms. The third kappa shape index (κ3) is 2.64. The summed E-state index contributed by atoms with van der Waals surface area (Å²) in [5, 5.41) is 2.62. The van der Waals surface area contributed by atoms with Gasteiger partial charge >= 0.3 is 0 Å². The van der Waals surface area contributed by atoms with Crippen LogP contribution in [0.2, 0.25) is 0 Å². The van der Waals surface area contributed by atoms with Crippen molar-refractivity contribution in [2.75, 3.05) is 0 Å². The molecule has 3 N–H and O–H groups in total. The largest absolute Gasteiger partial charge is 0.349 e. The molecule has 0 radical (unpaired) electrons. The van der Waals surface area contributed by atoms with E-state index in [0.29, 0.717) is 18.6 Å². The first-order valence-corrected chi connectivity index (χ1v) is 5.68. The molecule has 98 valence electrons. The molecule has 2 unspecified atom stereocenters.